The highest BCUT2D eigenvalue weighted by atomic mass is 32.2. The van der Waals surface area contributed by atoms with Crippen molar-refractivity contribution in [2.75, 3.05) is 25.7 Å². The number of benzene rings is 1. The lowest BCUT2D eigenvalue weighted by atomic mass is 10.1. The maximum atomic E-state index is 11.5. The Bertz CT molecular complexity index is 355. The van der Waals surface area contributed by atoms with E-state index in [0.29, 0.717) is 12.1 Å². The normalized spacial score (nSPS) is 10.2. The lowest BCUT2D eigenvalue weighted by Crippen LogP contribution is -2.17. The molecule has 0 unspecified atom stereocenters. The van der Waals surface area contributed by atoms with Gasteiger partial charge in [-0.1, -0.05) is 18.2 Å². The number of thioether (sulfide) groups is 1. The minimum Gasteiger partial charge on any atom is -0.465 e. The molecule has 0 amide bonds. The SMILES string of the molecule is COC(=O)c1ccccc1CNCCCSC. The Balaban J connectivity index is 2.49. The van der Waals surface area contributed by atoms with Gasteiger partial charge in [0, 0.05) is 6.54 Å². The molecule has 0 bridgehead atoms. The van der Waals surface area contributed by atoms with Gasteiger partial charge in [-0.2, -0.15) is 11.8 Å². The van der Waals surface area contributed by atoms with E-state index in [-0.39, 0.29) is 5.97 Å². The van der Waals surface area contributed by atoms with E-state index < -0.39 is 0 Å². The van der Waals surface area contributed by atoms with E-state index in [4.69, 9.17) is 4.74 Å². The van der Waals surface area contributed by atoms with Crippen LogP contribution in [0.2, 0.25) is 0 Å². The summed E-state index contributed by atoms with van der Waals surface area (Å²) < 4.78 is 4.75. The minimum atomic E-state index is -0.272. The van der Waals surface area contributed by atoms with Crippen molar-refractivity contribution in [1.82, 2.24) is 5.32 Å². The molecular weight excluding hydrogens is 234 g/mol. The van der Waals surface area contributed by atoms with Gasteiger partial charge in [0.15, 0.2) is 0 Å². The maximum absolute atomic E-state index is 11.5. The number of esters is 1. The summed E-state index contributed by atoms with van der Waals surface area (Å²) in [5, 5.41) is 3.33. The van der Waals surface area contributed by atoms with Crippen LogP contribution in [-0.4, -0.2) is 31.6 Å². The van der Waals surface area contributed by atoms with Crippen molar-refractivity contribution in [3.8, 4) is 0 Å². The Morgan fingerprint density at radius 2 is 2.18 bits per heavy atom. The summed E-state index contributed by atoms with van der Waals surface area (Å²) in [5.74, 6) is 0.887. The third kappa shape index (κ3) is 4.79. The van der Waals surface area contributed by atoms with E-state index in [2.05, 4.69) is 11.6 Å². The minimum absolute atomic E-state index is 0.272. The molecule has 94 valence electrons. The predicted molar refractivity (Wildman–Crippen MR) is 72.5 cm³/mol. The molecular formula is C13H19NO2S. The number of ether oxygens (including phenoxy) is 1. The third-order valence-electron chi connectivity index (χ3n) is 2.44. The fourth-order valence-electron chi connectivity index (χ4n) is 1.55. The van der Waals surface area contributed by atoms with E-state index >= 15 is 0 Å². The van der Waals surface area contributed by atoms with Crippen molar-refractivity contribution < 1.29 is 9.53 Å². The van der Waals surface area contributed by atoms with Crippen LogP contribution in [0.5, 0.6) is 0 Å². The third-order valence-corrected chi connectivity index (χ3v) is 3.14. The van der Waals surface area contributed by atoms with Crippen molar-refractivity contribution in [1.29, 1.82) is 0 Å². The second-order valence-corrected chi connectivity index (χ2v) is 4.66. The Kier molecular flexibility index (Phi) is 6.74. The van der Waals surface area contributed by atoms with Crippen LogP contribution in [0.15, 0.2) is 24.3 Å². The van der Waals surface area contributed by atoms with Gasteiger partial charge in [0.05, 0.1) is 12.7 Å². The van der Waals surface area contributed by atoms with Crippen LogP contribution in [0.3, 0.4) is 0 Å². The topological polar surface area (TPSA) is 38.3 Å². The van der Waals surface area contributed by atoms with E-state index in [9.17, 15) is 4.79 Å². The van der Waals surface area contributed by atoms with Crippen molar-refractivity contribution in [3.05, 3.63) is 35.4 Å². The fraction of sp³-hybridized carbons (Fsp3) is 0.462. The highest BCUT2D eigenvalue weighted by Crippen LogP contribution is 2.09. The highest BCUT2D eigenvalue weighted by molar-refractivity contribution is 7.98. The fourth-order valence-corrected chi connectivity index (χ4v) is 1.98. The Labute approximate surface area is 107 Å². The van der Waals surface area contributed by atoms with Gasteiger partial charge in [0.2, 0.25) is 0 Å². The van der Waals surface area contributed by atoms with Gasteiger partial charge >= 0.3 is 5.97 Å². The summed E-state index contributed by atoms with van der Waals surface area (Å²) in [5.41, 5.74) is 1.64. The largest absolute Gasteiger partial charge is 0.465 e. The zero-order chi connectivity index (χ0) is 12.5. The zero-order valence-electron chi connectivity index (χ0n) is 10.4. The molecule has 0 atom stereocenters. The molecule has 1 aromatic carbocycles. The van der Waals surface area contributed by atoms with Crippen LogP contribution >= 0.6 is 11.8 Å². The molecule has 0 heterocycles. The van der Waals surface area contributed by atoms with Crippen LogP contribution in [0.4, 0.5) is 0 Å². The quantitative estimate of drug-likeness (QED) is 0.598. The zero-order valence-corrected chi connectivity index (χ0v) is 11.2. The monoisotopic (exact) mass is 253 g/mol. The van der Waals surface area contributed by atoms with Gasteiger partial charge in [0.1, 0.15) is 0 Å². The summed E-state index contributed by atoms with van der Waals surface area (Å²) in [4.78, 5) is 11.5. The number of carbonyl (C=O) groups excluding carboxylic acids is 1. The van der Waals surface area contributed by atoms with Crippen LogP contribution in [0, 0.1) is 0 Å². The number of carbonyl (C=O) groups is 1. The molecule has 3 nitrogen and oxygen atoms in total. The Morgan fingerprint density at radius 3 is 2.88 bits per heavy atom. The molecule has 0 aliphatic heterocycles. The van der Waals surface area contributed by atoms with E-state index in [1.54, 1.807) is 6.07 Å². The van der Waals surface area contributed by atoms with Crippen LogP contribution in [-0.2, 0) is 11.3 Å². The molecule has 0 radical (unpaired) electrons. The Hall–Kier alpha value is -1.00. The number of methoxy groups -OCH3 is 1. The second kappa shape index (κ2) is 8.14. The van der Waals surface area contributed by atoms with Crippen LogP contribution in [0.1, 0.15) is 22.3 Å². The van der Waals surface area contributed by atoms with Gasteiger partial charge < -0.3 is 10.1 Å². The first-order valence-electron chi connectivity index (χ1n) is 5.65. The molecule has 0 fully saturated rings. The van der Waals surface area contributed by atoms with Gasteiger partial charge in [-0.25, -0.2) is 4.79 Å². The number of nitrogens with one attached hydrogen (secondary N) is 1. The second-order valence-electron chi connectivity index (χ2n) is 3.67. The molecule has 0 saturated heterocycles. The molecule has 0 aliphatic rings. The van der Waals surface area contributed by atoms with Gasteiger partial charge in [-0.3, -0.25) is 0 Å². The first-order valence-corrected chi connectivity index (χ1v) is 7.05. The molecule has 0 aromatic heterocycles. The van der Waals surface area contributed by atoms with Gasteiger partial charge in [0.25, 0.3) is 0 Å². The average Bonchev–Trinajstić information content (AvgIpc) is 2.38. The number of rotatable bonds is 7. The van der Waals surface area contributed by atoms with E-state index in [1.165, 1.54) is 7.11 Å². The first-order chi connectivity index (χ1) is 8.29. The molecule has 17 heavy (non-hydrogen) atoms. The smallest absolute Gasteiger partial charge is 0.338 e. The van der Waals surface area contributed by atoms with Crippen LogP contribution in [0.25, 0.3) is 0 Å². The highest BCUT2D eigenvalue weighted by Gasteiger charge is 2.09. The van der Waals surface area contributed by atoms with Crippen molar-refractivity contribution in [3.63, 3.8) is 0 Å². The van der Waals surface area contributed by atoms with E-state index in [1.807, 2.05) is 30.0 Å². The molecule has 1 aromatic rings. The summed E-state index contributed by atoms with van der Waals surface area (Å²) in [7, 11) is 1.41. The molecule has 0 saturated carbocycles. The summed E-state index contributed by atoms with van der Waals surface area (Å²) in [6, 6.07) is 7.54. The van der Waals surface area contributed by atoms with Gasteiger partial charge in [-0.15, -0.1) is 0 Å². The molecule has 0 spiro atoms. The van der Waals surface area contributed by atoms with Crippen molar-refractivity contribution in [2.45, 2.75) is 13.0 Å². The number of hydrogen-bond acceptors (Lipinski definition) is 4. The lowest BCUT2D eigenvalue weighted by Gasteiger charge is -2.08. The summed E-state index contributed by atoms with van der Waals surface area (Å²) in [6.45, 7) is 1.68. The maximum Gasteiger partial charge on any atom is 0.338 e. The molecule has 1 rings (SSSR count). The predicted octanol–water partition coefficient (Wildman–Crippen LogP) is 2.32. The molecule has 1 N–H and O–H groups in total. The molecule has 4 heteroatoms. The first kappa shape index (κ1) is 14.1. The Morgan fingerprint density at radius 1 is 1.41 bits per heavy atom. The summed E-state index contributed by atoms with van der Waals surface area (Å²) in [6.07, 6.45) is 3.24. The standard InChI is InChI=1S/C13H19NO2S/c1-16-13(15)12-7-4-3-6-11(12)10-14-8-5-9-17-2/h3-4,6-7,14H,5,8-10H2,1-2H3. The lowest BCUT2D eigenvalue weighted by molar-refractivity contribution is 0.0599. The van der Waals surface area contributed by atoms with Crippen LogP contribution < -0.4 is 5.32 Å². The summed E-state index contributed by atoms with van der Waals surface area (Å²) >= 11 is 1.85. The molecule has 0 aliphatic carbocycles. The van der Waals surface area contributed by atoms with E-state index in [0.717, 1.165) is 24.3 Å². The number of hydrogen-bond donors (Lipinski definition) is 1. The van der Waals surface area contributed by atoms with Gasteiger partial charge in [-0.05, 0) is 36.6 Å². The van der Waals surface area contributed by atoms with Crippen molar-refractivity contribution >= 4 is 17.7 Å². The van der Waals surface area contributed by atoms with Crippen molar-refractivity contribution in [2.24, 2.45) is 0 Å². The average molecular weight is 253 g/mol.